The molecule has 0 N–H and O–H groups in total. The molecule has 0 unspecified atom stereocenters. The number of nitriles is 1. The zero-order chi connectivity index (χ0) is 91.3. The summed E-state index contributed by atoms with van der Waals surface area (Å²) in [5, 5.41) is 32.5. The number of hydrogen-bond donors (Lipinski definition) is 0. The van der Waals surface area contributed by atoms with Gasteiger partial charge in [-0.2, -0.15) is 5.26 Å². The third-order valence-corrected chi connectivity index (χ3v) is 30.2. The van der Waals surface area contributed by atoms with Crippen molar-refractivity contribution < 1.29 is 8.83 Å². The fourth-order valence-corrected chi connectivity index (χ4v) is 23.9. The second-order valence-corrected chi connectivity index (χ2v) is 37.9. The molecule has 0 atom stereocenters. The van der Waals surface area contributed by atoms with Gasteiger partial charge in [0.1, 0.15) is 38.9 Å². The molecule has 18 heteroatoms. The predicted molar refractivity (Wildman–Crippen MR) is 571 cm³/mol. The zero-order valence-corrected chi connectivity index (χ0v) is 74.4. The molecule has 0 fully saturated rings. The standard InChI is InChI=1S/C46H23N5O2.C39H20N6.C38H21N5/c1-3-11-26-19-35-33(17-24(26)9-1)47-45-49(35)37-21-28(22-38-42(37)51(45)46-48-34-18-25-10-2-4-12-27(25)20-36(34)50(38)46)41-43-31(29-13-5-7-15-39(29)52-43)23-32-30-14-6-8-16-40(30)53-44(32)41;40-21-22-9-10-28-14-29(12-11-27(28)13-22)30-19-35-37-36(20-30)44-34-18-26-8-4-2-6-24(26)16-32(34)42-39(44)45(37)38-41-31-15-23-5-1-3-7-25(23)17-33(31)43(35)38;1-2-8-23-15-28(14-13-22(23)7-1)29-20-34-36-35(21-29)42-33-19-27-12-6-4-10-25(27)17-31(33)40-38(42)43(36)37-39-30-16-24-9-3-5-11-26(24)18-32(30)41(34)37/h1-23H;1-20H;1-21H. The average Bonchev–Trinajstić information content (AvgIpc) is 1.47. The summed E-state index contributed by atoms with van der Waals surface area (Å²) in [5.74, 6) is 5.15. The van der Waals surface area contributed by atoms with E-state index in [-0.39, 0.29) is 0 Å². The van der Waals surface area contributed by atoms with Crippen LogP contribution in [-0.2, 0) is 0 Å². The zero-order valence-electron chi connectivity index (χ0n) is 74.4. The molecule has 0 saturated heterocycles. The van der Waals surface area contributed by atoms with Crippen LogP contribution < -0.4 is 0 Å². The van der Waals surface area contributed by atoms with E-state index in [2.05, 4.69) is 391 Å². The van der Waals surface area contributed by atoms with Crippen molar-refractivity contribution in [3.63, 3.8) is 0 Å². The van der Waals surface area contributed by atoms with Crippen LogP contribution >= 0.6 is 0 Å². The van der Waals surface area contributed by atoms with Gasteiger partial charge in [0.05, 0.1) is 116 Å². The first-order valence-electron chi connectivity index (χ1n) is 47.4. The molecule has 14 aromatic heterocycles. The summed E-state index contributed by atoms with van der Waals surface area (Å²) in [4.78, 5) is 31.6. The van der Waals surface area contributed by atoms with E-state index in [0.29, 0.717) is 5.56 Å². The molecule has 0 aliphatic heterocycles. The SMILES string of the molecule is N#Cc1ccc2cc(-c3cc4c5c(c3)n3c6cc7ccccc7cc6nc3n5c3nc5cc6ccccc6cc5n43)ccc2c1.c1ccc2cc(-c3cc4c5c(c3)n3c6cc7ccccc7cc6nc3n5c3nc5cc6ccccc6cc5n43)ccc2c1.c1ccc2cc3c(cc2c1)nc1n3c2cc(-c3c4oc5ccccc5c4cc4c3oc3ccccc34)cc3c2n1c1nc2cc4ccccc4cc2n31. The van der Waals surface area contributed by atoms with Crippen LogP contribution in [0, 0.1) is 11.3 Å². The van der Waals surface area contributed by atoms with Crippen LogP contribution in [0.25, 0.3) is 314 Å². The molecule has 0 radical (unpaired) electrons. The highest BCUT2D eigenvalue weighted by atomic mass is 16.3. The van der Waals surface area contributed by atoms with E-state index in [1.54, 1.807) is 0 Å². The molecule has 36 aromatic rings. The lowest BCUT2D eigenvalue weighted by atomic mass is 9.98. The second-order valence-electron chi connectivity index (χ2n) is 37.9. The summed E-state index contributed by atoms with van der Waals surface area (Å²) in [6.45, 7) is 0. The Kier molecular flexibility index (Phi) is 13.8. The van der Waals surface area contributed by atoms with Crippen LogP contribution in [0.3, 0.4) is 0 Å². The molecular weight excluding hydrogens is 1730 g/mol. The summed E-state index contributed by atoms with van der Waals surface area (Å²) < 4.78 is 34.1. The van der Waals surface area contributed by atoms with Gasteiger partial charge < -0.3 is 8.83 Å². The molecule has 0 amide bonds. The molecule has 0 saturated carbocycles. The van der Waals surface area contributed by atoms with Gasteiger partial charge in [-0.1, -0.05) is 237 Å². The van der Waals surface area contributed by atoms with Gasteiger partial charge in [0, 0.05) is 21.5 Å². The predicted octanol–water partition coefficient (Wildman–Crippen LogP) is 30.3. The number of rotatable bonds is 3. The number of nitrogens with zero attached hydrogens (tertiary/aromatic N) is 16. The normalized spacial score (nSPS) is 12.7. The maximum Gasteiger partial charge on any atom is 0.223 e. The van der Waals surface area contributed by atoms with Gasteiger partial charge in [-0.3, -0.25) is 26.4 Å². The van der Waals surface area contributed by atoms with Crippen LogP contribution in [0.1, 0.15) is 5.56 Å². The van der Waals surface area contributed by atoms with Crippen molar-refractivity contribution in [2.24, 2.45) is 0 Å². The molecule has 141 heavy (non-hydrogen) atoms. The summed E-state index contributed by atoms with van der Waals surface area (Å²) in [5.41, 5.74) is 32.6. The lowest BCUT2D eigenvalue weighted by molar-refractivity contribution is 0.658. The molecule has 36 rings (SSSR count). The van der Waals surface area contributed by atoms with E-state index >= 15 is 0 Å². The Labute approximate surface area is 792 Å². The fraction of sp³-hybridized carbons (Fsp3) is 0. The van der Waals surface area contributed by atoms with E-state index in [0.717, 1.165) is 238 Å². The largest absolute Gasteiger partial charge is 0.455 e. The molecule has 18 nitrogen and oxygen atoms in total. The minimum atomic E-state index is 0.667. The van der Waals surface area contributed by atoms with E-state index in [1.807, 2.05) is 42.5 Å². The third kappa shape index (κ3) is 9.89. The highest BCUT2D eigenvalue weighted by Gasteiger charge is 2.32. The van der Waals surface area contributed by atoms with E-state index in [4.69, 9.17) is 38.7 Å². The summed E-state index contributed by atoms with van der Waals surface area (Å²) in [7, 11) is 0. The van der Waals surface area contributed by atoms with Crippen molar-refractivity contribution in [3.05, 3.63) is 394 Å². The van der Waals surface area contributed by atoms with Gasteiger partial charge in [0.25, 0.3) is 0 Å². The molecule has 0 aliphatic carbocycles. The monoisotopic (exact) mass is 1800 g/mol. The highest BCUT2D eigenvalue weighted by molar-refractivity contribution is 6.24. The number of fused-ring (bicyclic) bond motifs is 44. The van der Waals surface area contributed by atoms with Crippen LogP contribution in [0.4, 0.5) is 0 Å². The maximum absolute atomic E-state index is 9.40. The number of furan rings is 2. The van der Waals surface area contributed by atoms with E-state index in [1.165, 1.54) is 75.8 Å². The number of aromatic nitrogens is 15. The Hall–Kier alpha value is -19.8. The number of hydrogen-bond acceptors (Lipinski definition) is 9. The van der Waals surface area contributed by atoms with Crippen molar-refractivity contribution in [2.75, 3.05) is 0 Å². The molecule has 0 spiro atoms. The maximum atomic E-state index is 9.40. The minimum Gasteiger partial charge on any atom is -0.455 e. The highest BCUT2D eigenvalue weighted by Crippen LogP contribution is 2.50. The summed E-state index contributed by atoms with van der Waals surface area (Å²) >= 11 is 0. The summed E-state index contributed by atoms with van der Waals surface area (Å²) in [6, 6.07) is 140. The van der Waals surface area contributed by atoms with Gasteiger partial charge in [0.15, 0.2) is 0 Å². The van der Waals surface area contributed by atoms with Crippen molar-refractivity contribution in [1.82, 2.24) is 69.5 Å². The Morgan fingerprint density at radius 2 is 0.426 bits per heavy atom. The number of benzene rings is 22. The second kappa shape index (κ2) is 26.4. The van der Waals surface area contributed by atoms with E-state index in [9.17, 15) is 5.26 Å². The first kappa shape index (κ1) is 73.7. The topological polar surface area (TPSA) is 167 Å². The van der Waals surface area contributed by atoms with Gasteiger partial charge >= 0.3 is 0 Å². The Bertz CT molecular complexity index is 11600. The Balaban J connectivity index is 0.0000000927. The van der Waals surface area contributed by atoms with Crippen molar-refractivity contribution >= 4 is 281 Å². The smallest absolute Gasteiger partial charge is 0.223 e. The quantitative estimate of drug-likeness (QED) is 0.167. The Morgan fingerprint density at radius 3 is 0.730 bits per heavy atom. The third-order valence-electron chi connectivity index (χ3n) is 30.2. The fourth-order valence-electron chi connectivity index (χ4n) is 23.9. The number of para-hydroxylation sites is 2. The summed E-state index contributed by atoms with van der Waals surface area (Å²) in [6.07, 6.45) is 0. The lowest BCUT2D eigenvalue weighted by Gasteiger charge is -2.07. The van der Waals surface area contributed by atoms with Crippen molar-refractivity contribution in [3.8, 4) is 39.4 Å². The first-order valence-corrected chi connectivity index (χ1v) is 47.4. The minimum absolute atomic E-state index is 0.667. The Morgan fingerprint density at radius 1 is 0.184 bits per heavy atom. The van der Waals surface area contributed by atoms with Crippen LogP contribution in [0.15, 0.2) is 397 Å². The van der Waals surface area contributed by atoms with Crippen LogP contribution in [0.5, 0.6) is 0 Å². The molecule has 14 heterocycles. The van der Waals surface area contributed by atoms with Crippen molar-refractivity contribution in [1.29, 1.82) is 5.26 Å². The van der Waals surface area contributed by atoms with E-state index < -0.39 is 0 Å². The first-order chi connectivity index (χ1) is 69.7. The molecular formula is C123H64N16O2. The van der Waals surface area contributed by atoms with Crippen molar-refractivity contribution in [2.45, 2.75) is 0 Å². The van der Waals surface area contributed by atoms with Crippen LogP contribution in [-0.4, -0.2) is 69.5 Å². The number of imidazole rings is 12. The lowest BCUT2D eigenvalue weighted by Crippen LogP contribution is -1.89. The van der Waals surface area contributed by atoms with Crippen LogP contribution in [0.2, 0.25) is 0 Å². The van der Waals surface area contributed by atoms with Gasteiger partial charge in [0.2, 0.25) is 34.7 Å². The van der Waals surface area contributed by atoms with Gasteiger partial charge in [-0.25, -0.2) is 43.1 Å². The molecule has 648 valence electrons. The molecule has 0 aliphatic rings. The molecule has 22 aromatic carbocycles. The average molecular weight is 1800 g/mol. The van der Waals surface area contributed by atoms with Gasteiger partial charge in [-0.15, -0.1) is 0 Å². The van der Waals surface area contributed by atoms with Gasteiger partial charge in [-0.05, 0) is 266 Å². The molecule has 0 bridgehead atoms.